The Kier molecular flexibility index (Phi) is 4.21. The van der Waals surface area contributed by atoms with E-state index in [0.29, 0.717) is 5.69 Å². The van der Waals surface area contributed by atoms with Gasteiger partial charge < -0.3 is 14.8 Å². The van der Waals surface area contributed by atoms with Crippen molar-refractivity contribution in [3.63, 3.8) is 0 Å². The predicted molar refractivity (Wildman–Crippen MR) is 77.2 cm³/mol. The Morgan fingerprint density at radius 3 is 2.71 bits per heavy atom. The van der Waals surface area contributed by atoms with Gasteiger partial charge >= 0.3 is 5.69 Å². The summed E-state index contributed by atoms with van der Waals surface area (Å²) >= 11 is 0. The molecule has 1 unspecified atom stereocenters. The summed E-state index contributed by atoms with van der Waals surface area (Å²) in [5.74, 6) is 0.740. The fourth-order valence-electron chi connectivity index (χ4n) is 2.41. The van der Waals surface area contributed by atoms with Crippen LogP contribution in [-0.4, -0.2) is 21.0 Å². The molecule has 0 bridgehead atoms. The number of carbonyl (C=O) groups excluding carboxylic acids is 1. The molecule has 2 aromatic heterocycles. The van der Waals surface area contributed by atoms with Crippen molar-refractivity contribution in [2.75, 3.05) is 5.32 Å². The average Bonchev–Trinajstić information content (AvgIpc) is 2.67. The van der Waals surface area contributed by atoms with Crippen molar-refractivity contribution >= 4 is 11.7 Å². The van der Waals surface area contributed by atoms with E-state index in [0.717, 1.165) is 17.0 Å². The van der Waals surface area contributed by atoms with Crippen LogP contribution in [0.15, 0.2) is 15.4 Å². The van der Waals surface area contributed by atoms with Crippen molar-refractivity contribution in [3.05, 3.63) is 39.3 Å². The number of aryl methyl sites for hydroxylation is 3. The van der Waals surface area contributed by atoms with Crippen molar-refractivity contribution in [2.45, 2.75) is 40.0 Å². The highest BCUT2D eigenvalue weighted by molar-refractivity contribution is 5.90. The number of amides is 1. The molecule has 0 saturated heterocycles. The maximum absolute atomic E-state index is 12.0. The maximum atomic E-state index is 12.0. The van der Waals surface area contributed by atoms with Crippen molar-refractivity contribution < 1.29 is 9.32 Å². The molecule has 2 N–H and O–H groups in total. The summed E-state index contributed by atoms with van der Waals surface area (Å²) in [5.41, 5.74) is 1.89. The van der Waals surface area contributed by atoms with E-state index in [-0.39, 0.29) is 24.1 Å². The van der Waals surface area contributed by atoms with E-state index in [9.17, 15) is 9.59 Å². The minimum absolute atomic E-state index is 0.0284. The summed E-state index contributed by atoms with van der Waals surface area (Å²) in [6, 6.07) is 1.61. The van der Waals surface area contributed by atoms with Gasteiger partial charge in [0.1, 0.15) is 11.6 Å². The molecule has 0 aliphatic rings. The number of anilines is 1. The van der Waals surface area contributed by atoms with Gasteiger partial charge in [0.05, 0.1) is 5.69 Å². The molecule has 0 radical (unpaired) electrons. The van der Waals surface area contributed by atoms with Crippen molar-refractivity contribution in [1.82, 2.24) is 15.1 Å². The van der Waals surface area contributed by atoms with E-state index in [1.165, 1.54) is 0 Å². The molecule has 2 rings (SSSR count). The number of aromatic nitrogens is 3. The Morgan fingerprint density at radius 2 is 2.14 bits per heavy atom. The first-order valence-electron chi connectivity index (χ1n) is 6.67. The molecule has 0 spiro atoms. The minimum Gasteiger partial charge on any atom is -0.361 e. The SMILES string of the molecule is Cc1cc(NC(=O)CC(C)c2c(C)noc2C)nc(=O)[nH]1. The van der Waals surface area contributed by atoms with E-state index in [4.69, 9.17) is 4.52 Å². The Bertz CT molecular complexity index is 698. The normalized spacial score (nSPS) is 12.2. The summed E-state index contributed by atoms with van der Waals surface area (Å²) < 4.78 is 5.11. The lowest BCUT2D eigenvalue weighted by Gasteiger charge is -2.11. The molecule has 0 saturated carbocycles. The van der Waals surface area contributed by atoms with Crippen LogP contribution in [-0.2, 0) is 4.79 Å². The zero-order valence-electron chi connectivity index (χ0n) is 12.5. The summed E-state index contributed by atoms with van der Waals surface area (Å²) in [7, 11) is 0. The lowest BCUT2D eigenvalue weighted by atomic mass is 9.96. The van der Waals surface area contributed by atoms with Crippen LogP contribution in [0.25, 0.3) is 0 Å². The van der Waals surface area contributed by atoms with Crippen LogP contribution in [0.5, 0.6) is 0 Å². The van der Waals surface area contributed by atoms with Gasteiger partial charge in [0.25, 0.3) is 0 Å². The van der Waals surface area contributed by atoms with Gasteiger partial charge in [-0.2, -0.15) is 4.98 Å². The van der Waals surface area contributed by atoms with Gasteiger partial charge in [-0.05, 0) is 26.7 Å². The number of aromatic amines is 1. The van der Waals surface area contributed by atoms with E-state index in [2.05, 4.69) is 20.4 Å². The van der Waals surface area contributed by atoms with Gasteiger partial charge in [0.2, 0.25) is 5.91 Å². The Hall–Kier alpha value is -2.44. The monoisotopic (exact) mass is 290 g/mol. The maximum Gasteiger partial charge on any atom is 0.347 e. The zero-order valence-corrected chi connectivity index (χ0v) is 12.5. The second kappa shape index (κ2) is 5.90. The first-order valence-corrected chi connectivity index (χ1v) is 6.67. The Morgan fingerprint density at radius 1 is 1.43 bits per heavy atom. The molecule has 21 heavy (non-hydrogen) atoms. The molecule has 0 aromatic carbocycles. The fraction of sp³-hybridized carbons (Fsp3) is 0.429. The summed E-state index contributed by atoms with van der Waals surface area (Å²) in [5, 5.41) is 6.52. The molecule has 1 atom stereocenters. The van der Waals surface area contributed by atoms with Crippen molar-refractivity contribution in [2.24, 2.45) is 0 Å². The van der Waals surface area contributed by atoms with Crippen LogP contribution < -0.4 is 11.0 Å². The van der Waals surface area contributed by atoms with Gasteiger partial charge in [-0.3, -0.25) is 4.79 Å². The van der Waals surface area contributed by atoms with E-state index in [1.807, 2.05) is 20.8 Å². The first kappa shape index (κ1) is 15.0. The highest BCUT2D eigenvalue weighted by Crippen LogP contribution is 2.25. The summed E-state index contributed by atoms with van der Waals surface area (Å²) in [6.07, 6.45) is 0.260. The number of hydrogen-bond donors (Lipinski definition) is 2. The van der Waals surface area contributed by atoms with Gasteiger partial charge in [-0.15, -0.1) is 0 Å². The number of carbonyl (C=O) groups is 1. The molecule has 2 aromatic rings. The minimum atomic E-state index is -0.482. The highest BCUT2D eigenvalue weighted by atomic mass is 16.5. The molecule has 7 heteroatoms. The molecular weight excluding hydrogens is 272 g/mol. The molecular formula is C14H18N4O3. The molecule has 2 heterocycles. The molecule has 0 aliphatic heterocycles. The summed E-state index contributed by atoms with van der Waals surface area (Å²) in [4.78, 5) is 29.5. The van der Waals surface area contributed by atoms with Crippen LogP contribution in [0, 0.1) is 20.8 Å². The number of rotatable bonds is 4. The van der Waals surface area contributed by atoms with Crippen molar-refractivity contribution in [1.29, 1.82) is 0 Å². The number of nitrogens with one attached hydrogen (secondary N) is 2. The Labute approximate surface area is 121 Å². The smallest absolute Gasteiger partial charge is 0.347 e. The fourth-order valence-corrected chi connectivity index (χ4v) is 2.41. The quantitative estimate of drug-likeness (QED) is 0.894. The molecule has 7 nitrogen and oxygen atoms in total. The number of nitrogens with zero attached hydrogens (tertiary/aromatic N) is 2. The third-order valence-corrected chi connectivity index (χ3v) is 3.22. The second-order valence-electron chi connectivity index (χ2n) is 5.15. The predicted octanol–water partition coefficient (Wildman–Crippen LogP) is 1.82. The second-order valence-corrected chi connectivity index (χ2v) is 5.15. The average molecular weight is 290 g/mol. The van der Waals surface area contributed by atoms with Crippen LogP contribution >= 0.6 is 0 Å². The topological polar surface area (TPSA) is 101 Å². The lowest BCUT2D eigenvalue weighted by Crippen LogP contribution is -2.20. The van der Waals surface area contributed by atoms with E-state index in [1.54, 1.807) is 13.0 Å². The van der Waals surface area contributed by atoms with Gasteiger partial charge in [0, 0.05) is 23.7 Å². The third kappa shape index (κ3) is 3.56. The molecule has 0 fully saturated rings. The number of H-pyrrole nitrogens is 1. The van der Waals surface area contributed by atoms with Gasteiger partial charge in [-0.25, -0.2) is 4.79 Å². The van der Waals surface area contributed by atoms with E-state index >= 15 is 0 Å². The van der Waals surface area contributed by atoms with Crippen LogP contribution in [0.4, 0.5) is 5.82 Å². The highest BCUT2D eigenvalue weighted by Gasteiger charge is 2.19. The van der Waals surface area contributed by atoms with Crippen molar-refractivity contribution in [3.8, 4) is 0 Å². The van der Waals surface area contributed by atoms with E-state index < -0.39 is 5.69 Å². The third-order valence-electron chi connectivity index (χ3n) is 3.22. The van der Waals surface area contributed by atoms with Crippen LogP contribution in [0.2, 0.25) is 0 Å². The van der Waals surface area contributed by atoms with Crippen LogP contribution in [0.3, 0.4) is 0 Å². The first-order chi connectivity index (χ1) is 9.86. The molecule has 112 valence electrons. The largest absolute Gasteiger partial charge is 0.361 e. The van der Waals surface area contributed by atoms with Crippen LogP contribution in [0.1, 0.15) is 42.0 Å². The van der Waals surface area contributed by atoms with Gasteiger partial charge in [-0.1, -0.05) is 12.1 Å². The van der Waals surface area contributed by atoms with Gasteiger partial charge in [0.15, 0.2) is 0 Å². The molecule has 0 aliphatic carbocycles. The molecule has 1 amide bonds. The summed E-state index contributed by atoms with van der Waals surface area (Å²) in [6.45, 7) is 7.33. The standard InChI is InChI=1S/C14H18N4O3/c1-7(13-9(3)18-21-10(13)4)5-12(19)16-11-6-8(2)15-14(20)17-11/h6-7H,5H2,1-4H3,(H2,15,16,17,19,20). The zero-order chi connectivity index (χ0) is 15.6. The lowest BCUT2D eigenvalue weighted by molar-refractivity contribution is -0.116. The number of hydrogen-bond acceptors (Lipinski definition) is 5. The Balaban J connectivity index is 2.06.